The number of aromatic nitrogens is 1. The Bertz CT molecular complexity index is 1140. The SMILES string of the molecule is O=C1[C@@H]2[C@H](c3ccccc3)c3sc(=O)[nH]c3S[C@H]2C(=O)N1c1ccc(Br)cc1. The summed E-state index contributed by atoms with van der Waals surface area (Å²) in [5.41, 5.74) is 1.50. The predicted molar refractivity (Wildman–Crippen MR) is 113 cm³/mol. The van der Waals surface area contributed by atoms with E-state index >= 15 is 0 Å². The van der Waals surface area contributed by atoms with Crippen LogP contribution in [-0.4, -0.2) is 22.0 Å². The third-order valence-corrected chi connectivity index (χ3v) is 8.00. The highest BCUT2D eigenvalue weighted by molar-refractivity contribution is 9.10. The van der Waals surface area contributed by atoms with Crippen LogP contribution in [0.5, 0.6) is 0 Å². The van der Waals surface area contributed by atoms with Crippen LogP contribution in [0.3, 0.4) is 0 Å². The number of H-pyrrole nitrogens is 1. The minimum absolute atomic E-state index is 0.164. The van der Waals surface area contributed by atoms with Gasteiger partial charge in [-0.15, -0.1) is 0 Å². The van der Waals surface area contributed by atoms with Crippen LogP contribution in [0.1, 0.15) is 16.4 Å². The standard InChI is InChI=1S/C20H13BrN2O3S2/c21-11-6-8-12(9-7-11)23-18(24)14-13(10-4-2-1-3-5-10)15-17(22-20(26)28-15)27-16(14)19(23)25/h1-9,13-14,16H,(H,22,26)/t13-,14+,16+/m0/s1. The van der Waals surface area contributed by atoms with Gasteiger partial charge in [-0.2, -0.15) is 0 Å². The zero-order valence-corrected chi connectivity index (χ0v) is 17.5. The summed E-state index contributed by atoms with van der Waals surface area (Å²) in [5.74, 6) is -1.31. The number of hydrogen-bond donors (Lipinski definition) is 1. The van der Waals surface area contributed by atoms with Gasteiger partial charge >= 0.3 is 4.87 Å². The quantitative estimate of drug-likeness (QED) is 0.572. The molecule has 1 saturated heterocycles. The first-order chi connectivity index (χ1) is 13.5. The Balaban J connectivity index is 1.65. The van der Waals surface area contributed by atoms with E-state index in [4.69, 9.17) is 0 Å². The summed E-state index contributed by atoms with van der Waals surface area (Å²) in [7, 11) is 0. The molecule has 0 aliphatic carbocycles. The molecule has 5 rings (SSSR count). The number of fused-ring (bicyclic) bond motifs is 2. The van der Waals surface area contributed by atoms with Gasteiger partial charge in [0.15, 0.2) is 0 Å². The molecule has 8 heteroatoms. The first kappa shape index (κ1) is 17.9. The number of aromatic amines is 1. The molecule has 1 fully saturated rings. The fourth-order valence-electron chi connectivity index (χ4n) is 3.88. The molecule has 3 heterocycles. The number of hydrogen-bond acceptors (Lipinski definition) is 5. The van der Waals surface area contributed by atoms with Crippen molar-refractivity contribution in [1.82, 2.24) is 4.98 Å². The first-order valence-electron chi connectivity index (χ1n) is 8.62. The van der Waals surface area contributed by atoms with E-state index in [9.17, 15) is 14.4 Å². The molecule has 0 unspecified atom stereocenters. The Kier molecular flexibility index (Phi) is 4.30. The number of halogens is 1. The summed E-state index contributed by atoms with van der Waals surface area (Å²) in [6.07, 6.45) is 0. The van der Waals surface area contributed by atoms with E-state index in [-0.39, 0.29) is 22.6 Å². The Labute approximate surface area is 176 Å². The average molecular weight is 473 g/mol. The number of benzene rings is 2. The molecule has 5 nitrogen and oxygen atoms in total. The number of carbonyl (C=O) groups excluding carboxylic acids is 2. The van der Waals surface area contributed by atoms with E-state index in [1.807, 2.05) is 42.5 Å². The summed E-state index contributed by atoms with van der Waals surface area (Å²) in [6, 6.07) is 16.8. The number of carbonyl (C=O) groups is 2. The van der Waals surface area contributed by atoms with Gasteiger partial charge in [0.05, 0.1) is 16.6 Å². The third-order valence-electron chi connectivity index (χ3n) is 5.07. The van der Waals surface area contributed by atoms with Crippen molar-refractivity contribution in [3.63, 3.8) is 0 Å². The van der Waals surface area contributed by atoms with Crippen LogP contribution in [0.2, 0.25) is 0 Å². The second-order valence-electron chi connectivity index (χ2n) is 6.65. The second-order valence-corrected chi connectivity index (χ2v) is 9.73. The smallest absolute Gasteiger partial charge is 0.305 e. The van der Waals surface area contributed by atoms with Crippen LogP contribution in [0, 0.1) is 5.92 Å². The molecule has 2 amide bonds. The number of imide groups is 1. The summed E-state index contributed by atoms with van der Waals surface area (Å²) in [5, 5.41) is 0.142. The van der Waals surface area contributed by atoms with Crippen molar-refractivity contribution < 1.29 is 9.59 Å². The number of nitrogens with one attached hydrogen (secondary N) is 1. The van der Waals surface area contributed by atoms with Gasteiger partial charge < -0.3 is 4.98 Å². The van der Waals surface area contributed by atoms with Crippen molar-refractivity contribution in [3.8, 4) is 0 Å². The third kappa shape index (κ3) is 2.70. The van der Waals surface area contributed by atoms with Crippen molar-refractivity contribution in [2.24, 2.45) is 5.92 Å². The maximum atomic E-state index is 13.4. The van der Waals surface area contributed by atoms with E-state index in [0.29, 0.717) is 10.7 Å². The number of anilines is 1. The molecule has 2 aliphatic rings. The van der Waals surface area contributed by atoms with Crippen molar-refractivity contribution in [3.05, 3.63) is 79.2 Å². The van der Waals surface area contributed by atoms with Crippen molar-refractivity contribution in [2.45, 2.75) is 16.2 Å². The van der Waals surface area contributed by atoms with Crippen LogP contribution in [0.15, 0.2) is 68.9 Å². The zero-order valence-electron chi connectivity index (χ0n) is 14.3. The van der Waals surface area contributed by atoms with E-state index in [1.165, 1.54) is 16.7 Å². The zero-order chi connectivity index (χ0) is 19.4. The molecule has 2 aromatic carbocycles. The van der Waals surface area contributed by atoms with Gasteiger partial charge in [-0.3, -0.25) is 14.4 Å². The molecule has 3 atom stereocenters. The Hall–Kier alpha value is -2.16. The van der Waals surface area contributed by atoms with Crippen LogP contribution in [0.4, 0.5) is 5.69 Å². The van der Waals surface area contributed by atoms with Crippen LogP contribution in [0.25, 0.3) is 0 Å². The van der Waals surface area contributed by atoms with Crippen LogP contribution >= 0.6 is 39.0 Å². The summed E-state index contributed by atoms with van der Waals surface area (Å²) < 4.78 is 0.879. The molecule has 1 N–H and O–H groups in total. The lowest BCUT2D eigenvalue weighted by Crippen LogP contribution is -2.32. The topological polar surface area (TPSA) is 70.2 Å². The van der Waals surface area contributed by atoms with Crippen LogP contribution < -0.4 is 9.77 Å². The molecule has 0 spiro atoms. The van der Waals surface area contributed by atoms with Crippen LogP contribution in [-0.2, 0) is 9.59 Å². The largest absolute Gasteiger partial charge is 0.307 e. The minimum atomic E-state index is -0.556. The fourth-order valence-corrected chi connectivity index (χ4v) is 6.66. The van der Waals surface area contributed by atoms with Gasteiger partial charge in [-0.05, 0) is 29.8 Å². The van der Waals surface area contributed by atoms with Crippen molar-refractivity contribution >= 4 is 56.5 Å². The van der Waals surface area contributed by atoms with E-state index in [0.717, 1.165) is 26.3 Å². The Morgan fingerprint density at radius 3 is 2.36 bits per heavy atom. The molecule has 2 aliphatic heterocycles. The van der Waals surface area contributed by atoms with Gasteiger partial charge in [0.2, 0.25) is 11.8 Å². The lowest BCUT2D eigenvalue weighted by atomic mass is 9.83. The number of nitrogens with zero attached hydrogens (tertiary/aromatic N) is 1. The number of thioether (sulfide) groups is 1. The lowest BCUT2D eigenvalue weighted by Gasteiger charge is -2.29. The second kappa shape index (κ2) is 6.72. The summed E-state index contributed by atoms with van der Waals surface area (Å²) >= 11 is 5.80. The fraction of sp³-hybridized carbons (Fsp3) is 0.150. The van der Waals surface area contributed by atoms with Gasteiger partial charge in [0.25, 0.3) is 0 Å². The highest BCUT2D eigenvalue weighted by atomic mass is 79.9. The first-order valence-corrected chi connectivity index (χ1v) is 11.1. The van der Waals surface area contributed by atoms with E-state index in [1.54, 1.807) is 12.1 Å². The van der Waals surface area contributed by atoms with Crippen molar-refractivity contribution in [2.75, 3.05) is 4.90 Å². The van der Waals surface area contributed by atoms with E-state index < -0.39 is 11.2 Å². The average Bonchev–Trinajstić information content (AvgIpc) is 3.18. The number of thiazole rings is 1. The Morgan fingerprint density at radius 1 is 0.929 bits per heavy atom. The highest BCUT2D eigenvalue weighted by Crippen LogP contribution is 2.53. The predicted octanol–water partition coefficient (Wildman–Crippen LogP) is 3.99. The molecule has 140 valence electrons. The normalized spacial score (nSPS) is 23.6. The Morgan fingerprint density at radius 2 is 1.64 bits per heavy atom. The van der Waals surface area contributed by atoms with Crippen molar-refractivity contribution in [1.29, 1.82) is 0 Å². The summed E-state index contributed by atoms with van der Waals surface area (Å²) in [4.78, 5) is 43.4. The monoisotopic (exact) mass is 472 g/mol. The molecule has 28 heavy (non-hydrogen) atoms. The van der Waals surface area contributed by atoms with Gasteiger partial charge in [-0.1, -0.05) is 69.4 Å². The molecule has 0 bridgehead atoms. The van der Waals surface area contributed by atoms with Gasteiger partial charge in [-0.25, -0.2) is 4.90 Å². The maximum absolute atomic E-state index is 13.4. The highest BCUT2D eigenvalue weighted by Gasteiger charge is 2.56. The minimum Gasteiger partial charge on any atom is -0.307 e. The molecule has 0 radical (unpaired) electrons. The number of rotatable bonds is 2. The lowest BCUT2D eigenvalue weighted by molar-refractivity contribution is -0.122. The molecule has 1 aromatic heterocycles. The van der Waals surface area contributed by atoms with E-state index in [2.05, 4.69) is 20.9 Å². The number of amides is 2. The molecule has 3 aromatic rings. The summed E-state index contributed by atoms with van der Waals surface area (Å²) in [6.45, 7) is 0. The molecule has 0 saturated carbocycles. The molecular weight excluding hydrogens is 460 g/mol. The maximum Gasteiger partial charge on any atom is 0.305 e. The van der Waals surface area contributed by atoms with Gasteiger partial charge in [0.1, 0.15) is 5.25 Å². The van der Waals surface area contributed by atoms with Gasteiger partial charge in [0, 0.05) is 15.3 Å². The molecular formula is C20H13BrN2O3S2.